The number of alkyl halides is 3. The first-order valence-electron chi connectivity index (χ1n) is 6.55. The number of anilines is 1. The number of carbonyl (C=O) groups is 2. The van der Waals surface area contributed by atoms with Crippen molar-refractivity contribution in [3.8, 4) is 16.9 Å². The molecular weight excluding hydrogens is 365 g/mol. The van der Waals surface area contributed by atoms with Crippen molar-refractivity contribution < 1.29 is 33.0 Å². The van der Waals surface area contributed by atoms with Crippen LogP contribution in [0.3, 0.4) is 0 Å². The molecule has 0 spiro atoms. The number of phenols is 1. The van der Waals surface area contributed by atoms with E-state index in [9.17, 15) is 33.0 Å². The molecule has 2 aromatic rings. The second kappa shape index (κ2) is 6.52. The predicted octanol–water partition coefficient (Wildman–Crippen LogP) is 3.92. The highest BCUT2D eigenvalue weighted by molar-refractivity contribution is 6.35. The summed E-state index contributed by atoms with van der Waals surface area (Å²) in [6.07, 6.45) is -4.68. The molecule has 2 aromatic carbocycles. The molecule has 0 saturated heterocycles. The molecule has 2 amide bonds. The summed E-state index contributed by atoms with van der Waals surface area (Å²) in [6, 6.07) is 3.51. The second-order valence-corrected chi connectivity index (χ2v) is 5.28. The van der Waals surface area contributed by atoms with Crippen LogP contribution in [0.25, 0.3) is 11.1 Å². The summed E-state index contributed by atoms with van der Waals surface area (Å²) >= 11 is 5.86. The van der Waals surface area contributed by atoms with Crippen molar-refractivity contribution in [2.24, 2.45) is 5.73 Å². The van der Waals surface area contributed by atoms with Gasteiger partial charge in [-0.15, -0.1) is 0 Å². The largest absolute Gasteiger partial charge is 0.505 e. The fraction of sp³-hybridized carbons (Fsp3) is 0.0667. The van der Waals surface area contributed by atoms with E-state index in [2.05, 4.69) is 0 Å². The Labute approximate surface area is 143 Å². The van der Waals surface area contributed by atoms with Gasteiger partial charge in [0.15, 0.2) is 0 Å². The quantitative estimate of drug-likeness (QED) is 0.610. The highest BCUT2D eigenvalue weighted by Crippen LogP contribution is 2.43. The Morgan fingerprint density at radius 3 is 2.36 bits per heavy atom. The SMILES string of the molecule is NC(=O)Nc1cc(Cl)c(C(=O)O)c(-c2cccc(C(F)(F)F)c2)c1O. The third-order valence-electron chi connectivity index (χ3n) is 3.20. The van der Waals surface area contributed by atoms with E-state index >= 15 is 0 Å². The summed E-state index contributed by atoms with van der Waals surface area (Å²) in [4.78, 5) is 22.4. The molecule has 0 aliphatic heterocycles. The number of aromatic hydroxyl groups is 1. The number of rotatable bonds is 3. The van der Waals surface area contributed by atoms with Gasteiger partial charge < -0.3 is 21.3 Å². The maximum absolute atomic E-state index is 12.9. The van der Waals surface area contributed by atoms with Crippen molar-refractivity contribution in [3.05, 3.63) is 46.5 Å². The van der Waals surface area contributed by atoms with Crippen molar-refractivity contribution in [1.29, 1.82) is 0 Å². The molecule has 25 heavy (non-hydrogen) atoms. The molecule has 0 aliphatic carbocycles. The fourth-order valence-electron chi connectivity index (χ4n) is 2.21. The number of nitrogens with one attached hydrogen (secondary N) is 1. The molecule has 0 radical (unpaired) electrons. The molecule has 0 atom stereocenters. The number of carboxylic acid groups (broad SMARTS) is 1. The van der Waals surface area contributed by atoms with Gasteiger partial charge in [-0.05, 0) is 23.8 Å². The molecule has 5 N–H and O–H groups in total. The van der Waals surface area contributed by atoms with Gasteiger partial charge in [0.2, 0.25) is 0 Å². The van der Waals surface area contributed by atoms with Crippen molar-refractivity contribution in [3.63, 3.8) is 0 Å². The first-order chi connectivity index (χ1) is 11.5. The molecular formula is C15H10ClF3N2O4. The standard InChI is InChI=1S/C15H10ClF3N2O4/c16-8-5-9(21-14(20)25)12(22)10(11(8)13(23)24)6-2-1-3-7(4-6)15(17,18)19/h1-5,22H,(H,23,24)(H3,20,21,25). The number of amides is 2. The number of halogens is 4. The van der Waals surface area contributed by atoms with E-state index in [1.807, 2.05) is 5.32 Å². The van der Waals surface area contributed by atoms with E-state index in [1.165, 1.54) is 6.07 Å². The summed E-state index contributed by atoms with van der Waals surface area (Å²) in [5, 5.41) is 21.2. The molecule has 0 aliphatic rings. The molecule has 0 saturated carbocycles. The minimum Gasteiger partial charge on any atom is -0.505 e. The number of carbonyl (C=O) groups excluding carboxylic acids is 1. The van der Waals surface area contributed by atoms with Crippen LogP contribution in [0.4, 0.5) is 23.7 Å². The van der Waals surface area contributed by atoms with E-state index in [0.717, 1.165) is 18.2 Å². The Hall–Kier alpha value is -2.94. The molecule has 0 fully saturated rings. The summed E-state index contributed by atoms with van der Waals surface area (Å²) < 4.78 is 38.7. The van der Waals surface area contributed by atoms with Gasteiger partial charge in [0.05, 0.1) is 21.8 Å². The summed E-state index contributed by atoms with van der Waals surface area (Å²) in [6.45, 7) is 0. The van der Waals surface area contributed by atoms with Crippen LogP contribution in [0.1, 0.15) is 15.9 Å². The van der Waals surface area contributed by atoms with Gasteiger partial charge in [-0.1, -0.05) is 23.7 Å². The molecule has 132 valence electrons. The van der Waals surface area contributed by atoms with Crippen LogP contribution < -0.4 is 11.1 Å². The van der Waals surface area contributed by atoms with Crippen LogP contribution in [-0.2, 0) is 6.18 Å². The Morgan fingerprint density at radius 2 is 1.84 bits per heavy atom. The van der Waals surface area contributed by atoms with Crippen LogP contribution >= 0.6 is 11.6 Å². The first-order valence-corrected chi connectivity index (χ1v) is 6.93. The van der Waals surface area contributed by atoms with E-state index in [4.69, 9.17) is 17.3 Å². The van der Waals surface area contributed by atoms with Crippen LogP contribution in [0, 0.1) is 0 Å². The lowest BCUT2D eigenvalue weighted by Gasteiger charge is -2.16. The van der Waals surface area contributed by atoms with Crippen molar-refractivity contribution in [2.45, 2.75) is 6.18 Å². The lowest BCUT2D eigenvalue weighted by molar-refractivity contribution is -0.137. The van der Waals surface area contributed by atoms with Crippen molar-refractivity contribution in [2.75, 3.05) is 5.32 Å². The molecule has 6 nitrogen and oxygen atoms in total. The number of carboxylic acids is 1. The van der Waals surface area contributed by atoms with E-state index in [-0.39, 0.29) is 11.3 Å². The number of urea groups is 1. The van der Waals surface area contributed by atoms with Crippen LogP contribution in [0.5, 0.6) is 5.75 Å². The number of hydrogen-bond donors (Lipinski definition) is 4. The average Bonchev–Trinajstić information content (AvgIpc) is 2.48. The smallest absolute Gasteiger partial charge is 0.416 e. The zero-order chi connectivity index (χ0) is 18.9. The van der Waals surface area contributed by atoms with Gasteiger partial charge in [0.1, 0.15) is 5.75 Å². The molecule has 0 aromatic heterocycles. The minimum absolute atomic E-state index is 0.250. The Balaban J connectivity index is 2.81. The fourth-order valence-corrected chi connectivity index (χ4v) is 2.49. The number of nitrogens with two attached hydrogens (primary N) is 1. The zero-order valence-corrected chi connectivity index (χ0v) is 12.9. The summed E-state index contributed by atoms with van der Waals surface area (Å²) in [5.41, 5.74) is 2.21. The normalized spacial score (nSPS) is 11.2. The summed E-state index contributed by atoms with van der Waals surface area (Å²) in [5.74, 6) is -2.35. The topological polar surface area (TPSA) is 113 Å². The monoisotopic (exact) mass is 374 g/mol. The molecule has 2 rings (SSSR count). The van der Waals surface area contributed by atoms with E-state index in [1.54, 1.807) is 0 Å². The Kier molecular flexibility index (Phi) is 4.80. The first kappa shape index (κ1) is 18.4. The maximum atomic E-state index is 12.9. The van der Waals surface area contributed by atoms with Gasteiger partial charge in [-0.25, -0.2) is 9.59 Å². The highest BCUT2D eigenvalue weighted by atomic mass is 35.5. The second-order valence-electron chi connectivity index (χ2n) is 4.88. The van der Waals surface area contributed by atoms with Gasteiger partial charge in [-0.2, -0.15) is 13.2 Å². The number of phenolic OH excluding ortho intramolecular Hbond substituents is 1. The Bertz CT molecular complexity index is 869. The van der Waals surface area contributed by atoms with Gasteiger partial charge in [0.25, 0.3) is 0 Å². The van der Waals surface area contributed by atoms with Crippen LogP contribution in [0.15, 0.2) is 30.3 Å². The van der Waals surface area contributed by atoms with Gasteiger partial charge in [0, 0.05) is 5.56 Å². The van der Waals surface area contributed by atoms with Crippen molar-refractivity contribution in [1.82, 2.24) is 0 Å². The predicted molar refractivity (Wildman–Crippen MR) is 83.7 cm³/mol. The zero-order valence-electron chi connectivity index (χ0n) is 12.2. The number of primary amides is 1. The van der Waals surface area contributed by atoms with E-state index in [0.29, 0.717) is 6.07 Å². The third-order valence-corrected chi connectivity index (χ3v) is 3.50. The molecule has 0 heterocycles. The van der Waals surface area contributed by atoms with Gasteiger partial charge in [-0.3, -0.25) is 0 Å². The molecule has 10 heteroatoms. The molecule has 0 unspecified atom stereocenters. The molecule has 0 bridgehead atoms. The lowest BCUT2D eigenvalue weighted by atomic mass is 9.95. The highest BCUT2D eigenvalue weighted by Gasteiger charge is 2.31. The average molecular weight is 375 g/mol. The summed E-state index contributed by atoms with van der Waals surface area (Å²) in [7, 11) is 0. The number of hydrogen-bond acceptors (Lipinski definition) is 3. The van der Waals surface area contributed by atoms with Crippen LogP contribution in [-0.4, -0.2) is 22.2 Å². The third kappa shape index (κ3) is 3.77. The number of aromatic carboxylic acids is 1. The van der Waals surface area contributed by atoms with E-state index < -0.39 is 45.6 Å². The van der Waals surface area contributed by atoms with Crippen molar-refractivity contribution >= 4 is 29.3 Å². The van der Waals surface area contributed by atoms with Crippen LogP contribution in [0.2, 0.25) is 5.02 Å². The minimum atomic E-state index is -4.68. The lowest BCUT2D eigenvalue weighted by Crippen LogP contribution is -2.19. The van der Waals surface area contributed by atoms with Gasteiger partial charge >= 0.3 is 18.2 Å². The number of benzene rings is 2. The maximum Gasteiger partial charge on any atom is 0.416 e. The Morgan fingerprint density at radius 1 is 1.20 bits per heavy atom.